The zero-order chi connectivity index (χ0) is 12.3. The third kappa shape index (κ3) is 3.97. The van der Waals surface area contributed by atoms with Crippen molar-refractivity contribution in [3.8, 4) is 0 Å². The van der Waals surface area contributed by atoms with E-state index < -0.39 is 0 Å². The van der Waals surface area contributed by atoms with Gasteiger partial charge in [0.1, 0.15) is 0 Å². The van der Waals surface area contributed by atoms with E-state index in [2.05, 4.69) is 52.8 Å². The van der Waals surface area contributed by atoms with E-state index in [9.17, 15) is 0 Å². The van der Waals surface area contributed by atoms with Gasteiger partial charge in [-0.05, 0) is 56.2 Å². The third-order valence-corrected chi connectivity index (χ3v) is 3.08. The van der Waals surface area contributed by atoms with E-state index in [0.29, 0.717) is 5.92 Å². The number of nitrogens with two attached hydrogens (primary N) is 1. The van der Waals surface area contributed by atoms with E-state index in [1.807, 2.05) is 0 Å². The molecule has 0 saturated carbocycles. The topological polar surface area (TPSA) is 26.0 Å². The van der Waals surface area contributed by atoms with Crippen molar-refractivity contribution in [1.29, 1.82) is 0 Å². The molecule has 0 fully saturated rings. The molecule has 0 atom stereocenters. The molecule has 16 heavy (non-hydrogen) atoms. The second-order valence-electron chi connectivity index (χ2n) is 5.83. The Hall–Kier alpha value is -0.820. The van der Waals surface area contributed by atoms with Gasteiger partial charge in [-0.1, -0.05) is 32.0 Å². The van der Waals surface area contributed by atoms with Gasteiger partial charge in [-0.25, -0.2) is 0 Å². The number of benzene rings is 1. The molecule has 0 aliphatic heterocycles. The van der Waals surface area contributed by atoms with Crippen LogP contribution in [0.1, 0.15) is 56.7 Å². The minimum Gasteiger partial charge on any atom is -0.326 e. The van der Waals surface area contributed by atoms with Crippen LogP contribution in [0.3, 0.4) is 0 Å². The van der Waals surface area contributed by atoms with Crippen molar-refractivity contribution >= 4 is 0 Å². The van der Waals surface area contributed by atoms with E-state index >= 15 is 0 Å². The van der Waals surface area contributed by atoms with Crippen LogP contribution in [0, 0.1) is 6.92 Å². The van der Waals surface area contributed by atoms with Crippen molar-refractivity contribution in [2.24, 2.45) is 5.73 Å². The van der Waals surface area contributed by atoms with E-state index in [1.165, 1.54) is 16.7 Å². The monoisotopic (exact) mass is 219 g/mol. The molecule has 0 saturated heterocycles. The first-order valence-electron chi connectivity index (χ1n) is 6.18. The zero-order valence-corrected chi connectivity index (χ0v) is 11.3. The molecule has 1 rings (SSSR count). The lowest BCUT2D eigenvalue weighted by Gasteiger charge is -2.19. The van der Waals surface area contributed by atoms with Crippen LogP contribution in [0.2, 0.25) is 0 Å². The maximum atomic E-state index is 6.03. The Morgan fingerprint density at radius 3 is 2.38 bits per heavy atom. The molecule has 1 aromatic carbocycles. The second-order valence-corrected chi connectivity index (χ2v) is 5.83. The summed E-state index contributed by atoms with van der Waals surface area (Å²) in [6, 6.07) is 6.80. The minimum atomic E-state index is -0.0692. The van der Waals surface area contributed by atoms with Crippen LogP contribution in [-0.2, 0) is 6.42 Å². The molecule has 1 nitrogen and oxygen atoms in total. The Kier molecular flexibility index (Phi) is 4.15. The number of aryl methyl sites for hydroxylation is 2. The molecule has 0 radical (unpaired) electrons. The minimum absolute atomic E-state index is 0.0692. The Balaban J connectivity index is 2.82. The SMILES string of the molecule is Cc1ccc(C(C)C)cc1CCC(C)(C)N. The summed E-state index contributed by atoms with van der Waals surface area (Å²) in [4.78, 5) is 0. The van der Waals surface area contributed by atoms with Gasteiger partial charge in [-0.2, -0.15) is 0 Å². The number of hydrogen-bond acceptors (Lipinski definition) is 1. The van der Waals surface area contributed by atoms with Crippen molar-refractivity contribution in [3.05, 3.63) is 34.9 Å². The summed E-state index contributed by atoms with van der Waals surface area (Å²) in [5, 5.41) is 0. The van der Waals surface area contributed by atoms with E-state index in [4.69, 9.17) is 5.73 Å². The smallest absolute Gasteiger partial charge is 0.0100 e. The van der Waals surface area contributed by atoms with Crippen molar-refractivity contribution in [3.63, 3.8) is 0 Å². The molecule has 1 heteroatoms. The van der Waals surface area contributed by atoms with Gasteiger partial charge >= 0.3 is 0 Å². The predicted octanol–water partition coefficient (Wildman–Crippen LogP) is 3.79. The van der Waals surface area contributed by atoms with E-state index in [0.717, 1.165) is 12.8 Å². The van der Waals surface area contributed by atoms with Gasteiger partial charge in [0.25, 0.3) is 0 Å². The van der Waals surface area contributed by atoms with Gasteiger partial charge in [0.05, 0.1) is 0 Å². The van der Waals surface area contributed by atoms with Crippen LogP contribution in [0.5, 0.6) is 0 Å². The van der Waals surface area contributed by atoms with Gasteiger partial charge in [-0.15, -0.1) is 0 Å². The summed E-state index contributed by atoms with van der Waals surface area (Å²) in [6.45, 7) is 10.8. The highest BCUT2D eigenvalue weighted by Gasteiger charge is 2.12. The highest BCUT2D eigenvalue weighted by atomic mass is 14.7. The highest BCUT2D eigenvalue weighted by Crippen LogP contribution is 2.21. The molecular weight excluding hydrogens is 194 g/mol. The number of rotatable bonds is 4. The average Bonchev–Trinajstić information content (AvgIpc) is 2.14. The van der Waals surface area contributed by atoms with E-state index in [-0.39, 0.29) is 5.54 Å². The molecule has 0 spiro atoms. The van der Waals surface area contributed by atoms with Crippen molar-refractivity contribution < 1.29 is 0 Å². The zero-order valence-electron chi connectivity index (χ0n) is 11.3. The van der Waals surface area contributed by atoms with Gasteiger partial charge in [0, 0.05) is 5.54 Å². The summed E-state index contributed by atoms with van der Waals surface area (Å²) >= 11 is 0. The highest BCUT2D eigenvalue weighted by molar-refractivity contribution is 5.32. The van der Waals surface area contributed by atoms with Gasteiger partial charge in [0.15, 0.2) is 0 Å². The maximum Gasteiger partial charge on any atom is 0.0100 e. The predicted molar refractivity (Wildman–Crippen MR) is 71.9 cm³/mol. The largest absolute Gasteiger partial charge is 0.326 e. The van der Waals surface area contributed by atoms with Gasteiger partial charge in [0.2, 0.25) is 0 Å². The molecule has 0 heterocycles. The molecular formula is C15H25N. The van der Waals surface area contributed by atoms with Crippen LogP contribution in [0.4, 0.5) is 0 Å². The molecule has 90 valence electrons. The fraction of sp³-hybridized carbons (Fsp3) is 0.600. The Bertz CT molecular complexity index is 345. The molecule has 2 N–H and O–H groups in total. The Labute approximate surface area is 100 Å². The normalized spacial score (nSPS) is 12.2. The lowest BCUT2D eigenvalue weighted by Crippen LogP contribution is -2.32. The quantitative estimate of drug-likeness (QED) is 0.819. The lowest BCUT2D eigenvalue weighted by molar-refractivity contribution is 0.476. The average molecular weight is 219 g/mol. The van der Waals surface area contributed by atoms with Crippen LogP contribution in [-0.4, -0.2) is 5.54 Å². The van der Waals surface area contributed by atoms with Gasteiger partial charge < -0.3 is 5.73 Å². The third-order valence-electron chi connectivity index (χ3n) is 3.08. The molecule has 1 aromatic rings. The summed E-state index contributed by atoms with van der Waals surface area (Å²) in [7, 11) is 0. The first-order chi connectivity index (χ1) is 7.29. The first kappa shape index (κ1) is 13.2. The summed E-state index contributed by atoms with van der Waals surface area (Å²) in [6.07, 6.45) is 2.12. The summed E-state index contributed by atoms with van der Waals surface area (Å²) in [5.74, 6) is 0.602. The molecule has 0 aliphatic carbocycles. The van der Waals surface area contributed by atoms with Crippen molar-refractivity contribution in [2.45, 2.75) is 58.9 Å². The first-order valence-corrected chi connectivity index (χ1v) is 6.18. The van der Waals surface area contributed by atoms with Crippen LogP contribution in [0.25, 0.3) is 0 Å². The van der Waals surface area contributed by atoms with Crippen molar-refractivity contribution in [2.75, 3.05) is 0 Å². The van der Waals surface area contributed by atoms with Crippen molar-refractivity contribution in [1.82, 2.24) is 0 Å². The molecule has 0 bridgehead atoms. The molecule has 0 amide bonds. The summed E-state index contributed by atoms with van der Waals surface area (Å²) < 4.78 is 0. The second kappa shape index (κ2) is 5.01. The fourth-order valence-corrected chi connectivity index (χ4v) is 1.78. The van der Waals surface area contributed by atoms with E-state index in [1.54, 1.807) is 0 Å². The fourth-order valence-electron chi connectivity index (χ4n) is 1.78. The maximum absolute atomic E-state index is 6.03. The molecule has 0 aromatic heterocycles. The van der Waals surface area contributed by atoms with Crippen LogP contribution < -0.4 is 5.73 Å². The molecule has 0 unspecified atom stereocenters. The Morgan fingerprint density at radius 2 is 1.88 bits per heavy atom. The van der Waals surface area contributed by atoms with Gasteiger partial charge in [-0.3, -0.25) is 0 Å². The molecule has 0 aliphatic rings. The standard InChI is InChI=1S/C15H25N/c1-11(2)13-7-6-12(3)14(10-13)8-9-15(4,5)16/h6-7,10-11H,8-9,16H2,1-5H3. The van der Waals surface area contributed by atoms with Crippen LogP contribution in [0.15, 0.2) is 18.2 Å². The Morgan fingerprint density at radius 1 is 1.25 bits per heavy atom. The van der Waals surface area contributed by atoms with Crippen LogP contribution >= 0.6 is 0 Å². The summed E-state index contributed by atoms with van der Waals surface area (Å²) in [5.41, 5.74) is 10.2. The number of hydrogen-bond donors (Lipinski definition) is 1. The lowest BCUT2D eigenvalue weighted by atomic mass is 9.91.